The Morgan fingerprint density at radius 1 is 0.435 bits per heavy atom. The third-order valence-electron chi connectivity index (χ3n) is 21.4. The highest BCUT2D eigenvalue weighted by Crippen LogP contribution is 2.23. The lowest BCUT2D eigenvalue weighted by Gasteiger charge is -2.32. The second-order valence-electron chi connectivity index (χ2n) is 32.1. The molecule has 1 aliphatic rings. The first-order valence-electron chi connectivity index (χ1n) is 43.4. The molecule has 124 heavy (non-hydrogen) atoms. The van der Waals surface area contributed by atoms with Gasteiger partial charge in [0.1, 0.15) is 42.0 Å². The van der Waals surface area contributed by atoms with Gasteiger partial charge in [0.15, 0.2) is 11.6 Å². The van der Waals surface area contributed by atoms with Crippen LogP contribution in [0.25, 0.3) is 10.8 Å². The molecule has 37 nitrogen and oxygen atoms in total. The highest BCUT2D eigenvalue weighted by Gasteiger charge is 2.36. The Morgan fingerprint density at radius 2 is 0.895 bits per heavy atom. The van der Waals surface area contributed by atoms with Crippen molar-refractivity contribution in [3.8, 4) is 0 Å². The molecule has 2 aromatic rings. The number of likely N-dealkylation sites (N-methyl/N-ethyl adjacent to an activating group) is 2. The Labute approximate surface area is 731 Å². The summed E-state index contributed by atoms with van der Waals surface area (Å²) in [5.74, 6) is -15.5. The number of Topliss-reactive ketones (excluding diaryl/α,β-unsaturated/α-hetero) is 3. The van der Waals surface area contributed by atoms with E-state index in [2.05, 4.69) is 49.5 Å². The summed E-state index contributed by atoms with van der Waals surface area (Å²) in [6.07, 6.45) is 13.9. The van der Waals surface area contributed by atoms with E-state index in [4.69, 9.17) is 5.73 Å². The summed E-state index contributed by atoms with van der Waals surface area (Å²) in [5, 5.41) is 60.3. The number of carbonyl (C=O) groups is 18. The summed E-state index contributed by atoms with van der Waals surface area (Å²) in [5.41, 5.74) is 6.13. The molecule has 1 aliphatic heterocycles. The van der Waals surface area contributed by atoms with Gasteiger partial charge < -0.3 is 78.5 Å². The number of nitrogens with one attached hydrogen (secondary N) is 8. The Hall–Kier alpha value is -10.1. The number of rotatable bonds is 62. The molecule has 0 bridgehead atoms. The maximum Gasteiger partial charge on any atom is 0.317 e. The quantitative estimate of drug-likeness (QED) is 0.0423. The number of nitrogens with two attached hydrogens (primary N) is 1. The van der Waals surface area contributed by atoms with Crippen molar-refractivity contribution in [3.05, 3.63) is 48.0 Å². The predicted octanol–water partition coefficient (Wildman–Crippen LogP) is 2.39. The van der Waals surface area contributed by atoms with Gasteiger partial charge in [0.05, 0.1) is 51.7 Å². The van der Waals surface area contributed by atoms with Gasteiger partial charge in [-0.3, -0.25) is 106 Å². The predicted molar refractivity (Wildman–Crippen MR) is 466 cm³/mol. The van der Waals surface area contributed by atoms with E-state index >= 15 is 0 Å². The first-order chi connectivity index (χ1) is 58.9. The summed E-state index contributed by atoms with van der Waals surface area (Å²) in [6.45, 7) is 8.76. The fraction of sp³-hybridized carbons (Fsp3) is 0.674. The summed E-state index contributed by atoms with van der Waals surface area (Å²) in [6, 6.07) is 2.32. The van der Waals surface area contributed by atoms with E-state index < -0.39 is 175 Å². The summed E-state index contributed by atoms with van der Waals surface area (Å²) < 4.78 is 0. The molecule has 1 heterocycles. The van der Waals surface area contributed by atoms with Gasteiger partial charge in [-0.05, 0) is 75.5 Å². The molecule has 0 aromatic heterocycles. The average molecular weight is 1770 g/mol. The highest BCUT2D eigenvalue weighted by molar-refractivity contribution is 7.99. The van der Waals surface area contributed by atoms with E-state index in [-0.39, 0.29) is 135 Å². The number of primary amides is 1. The fourth-order valence-corrected chi connectivity index (χ4v) is 14.8. The SMILES string of the molecule is CCCCCCCCCCCCCCCC(=O)NCCC(=O)N(C)CC(=O)C[C@@H](CCCCCC(=O)CN1CCN(CC(=O)O)CCN(CC(=O)O)CCN(CC(=O)O)CC1)C(=O)N(C)CC(=O)N[C@@H](C)C(=O)N[C@H](CSCC)C(=O)N[C@@H](C)C(=O)N[C@H](CC(N)=O)C(=O)N[C@H](CCC(=O)O)C(=O)N[C@H](Cc1cccc2ccccc12)C(=O)N[C@@H](C)C(C)=O. The zero-order valence-electron chi connectivity index (χ0n) is 73.7. The Bertz CT molecular complexity index is 3800. The lowest BCUT2D eigenvalue weighted by atomic mass is 9.93. The molecule has 14 N–H and O–H groups in total. The minimum absolute atomic E-state index is 0.0431. The molecule has 1 fully saturated rings. The van der Waals surface area contributed by atoms with Gasteiger partial charge in [0, 0.05) is 123 Å². The maximum absolute atomic E-state index is 14.5. The minimum Gasteiger partial charge on any atom is -0.481 e. The number of thioether (sulfide) groups is 1. The van der Waals surface area contributed by atoms with Gasteiger partial charge in [0.25, 0.3) is 0 Å². The normalized spacial score (nSPS) is 15.0. The molecule has 11 amide bonds. The smallest absolute Gasteiger partial charge is 0.317 e. The van der Waals surface area contributed by atoms with E-state index in [0.29, 0.717) is 37.0 Å². The number of carbonyl (C=O) groups excluding carboxylic acids is 14. The third kappa shape index (κ3) is 46.1. The second-order valence-corrected chi connectivity index (χ2v) is 33.4. The van der Waals surface area contributed by atoms with Crippen LogP contribution >= 0.6 is 11.8 Å². The van der Waals surface area contributed by atoms with E-state index in [9.17, 15) is 107 Å². The number of unbranched alkanes of at least 4 members (excludes halogenated alkanes) is 14. The summed E-state index contributed by atoms with van der Waals surface area (Å²) in [4.78, 5) is 247. The van der Waals surface area contributed by atoms with Crippen molar-refractivity contribution in [2.24, 2.45) is 11.7 Å². The monoisotopic (exact) mass is 1760 g/mol. The topological polar surface area (TPSA) is 530 Å². The van der Waals surface area contributed by atoms with Crippen LogP contribution in [0.3, 0.4) is 0 Å². The fourth-order valence-electron chi connectivity index (χ4n) is 14.1. The van der Waals surface area contributed by atoms with Gasteiger partial charge in [-0.2, -0.15) is 11.8 Å². The van der Waals surface area contributed by atoms with Crippen molar-refractivity contribution < 1.29 is 107 Å². The number of hydrogen-bond acceptors (Lipinski definition) is 23. The van der Waals surface area contributed by atoms with Crippen LogP contribution in [0.2, 0.25) is 0 Å². The molecular weight excluding hydrogens is 1630 g/mol. The molecule has 8 atom stereocenters. The van der Waals surface area contributed by atoms with Gasteiger partial charge in [-0.1, -0.05) is 146 Å². The van der Waals surface area contributed by atoms with Crippen molar-refractivity contribution in [2.45, 2.75) is 244 Å². The van der Waals surface area contributed by atoms with Crippen LogP contribution in [0, 0.1) is 5.92 Å². The number of ketones is 3. The van der Waals surface area contributed by atoms with Crippen LogP contribution in [0.15, 0.2) is 42.5 Å². The van der Waals surface area contributed by atoms with Gasteiger partial charge >= 0.3 is 23.9 Å². The van der Waals surface area contributed by atoms with Crippen molar-refractivity contribution in [1.29, 1.82) is 0 Å². The Morgan fingerprint density at radius 3 is 1.43 bits per heavy atom. The first kappa shape index (κ1) is 108. The van der Waals surface area contributed by atoms with Crippen LogP contribution < -0.4 is 48.3 Å². The molecule has 694 valence electrons. The molecule has 0 unspecified atom stereocenters. The molecule has 38 heteroatoms. The zero-order chi connectivity index (χ0) is 92.2. The highest BCUT2D eigenvalue weighted by atomic mass is 32.2. The summed E-state index contributed by atoms with van der Waals surface area (Å²) >= 11 is 1.21. The number of amides is 11. The number of carboxylic acids is 4. The minimum atomic E-state index is -1.84. The molecule has 3 rings (SSSR count). The van der Waals surface area contributed by atoms with E-state index in [1.54, 1.807) is 45.9 Å². The lowest BCUT2D eigenvalue weighted by molar-refractivity contribution is -0.141. The van der Waals surface area contributed by atoms with Crippen molar-refractivity contribution >= 4 is 129 Å². The van der Waals surface area contributed by atoms with Crippen molar-refractivity contribution in [2.75, 3.05) is 124 Å². The molecule has 0 aliphatic carbocycles. The van der Waals surface area contributed by atoms with Crippen molar-refractivity contribution in [3.63, 3.8) is 0 Å². The number of nitrogens with zero attached hydrogens (tertiary/aromatic N) is 6. The van der Waals surface area contributed by atoms with Crippen LogP contribution in [0.1, 0.15) is 201 Å². The Balaban J connectivity index is 1.74. The number of aliphatic carboxylic acids is 4. The maximum atomic E-state index is 14.5. The number of fused-ring (bicyclic) bond motifs is 1. The summed E-state index contributed by atoms with van der Waals surface area (Å²) in [7, 11) is 2.74. The van der Waals surface area contributed by atoms with Crippen molar-refractivity contribution in [1.82, 2.24) is 71.9 Å². The first-order valence-corrected chi connectivity index (χ1v) is 44.6. The van der Waals surface area contributed by atoms with Crippen LogP contribution in [-0.4, -0.2) is 322 Å². The lowest BCUT2D eigenvalue weighted by Crippen LogP contribution is -2.60. The Kier molecular flexibility index (Phi) is 52.8. The van der Waals surface area contributed by atoms with Crippen LogP contribution in [0.5, 0.6) is 0 Å². The van der Waals surface area contributed by atoms with Gasteiger partial charge in [0.2, 0.25) is 65.0 Å². The van der Waals surface area contributed by atoms with Crippen LogP contribution in [-0.2, 0) is 92.7 Å². The van der Waals surface area contributed by atoms with Crippen LogP contribution in [0.4, 0.5) is 0 Å². The standard InChI is InChI=1S/C86H137N15O22S/c1-9-11-12-13-14-15-16-17-18-19-20-21-25-35-73(106)88-39-38-75(108)96(7)51-66(104)48-64(30-23-22-24-33-65(103)52-98-40-42-99(54-77(111)112)44-46-101(56-79(115)116)47-45-100(43-41-98)55-78(113)114)86(123)97(8)53-74(107)89-59(4)80(117)95-71(57-124-10-2)85(122)91-60(5)81(118)93-70(50-72(87)105)84(121)92-68(36-37-76(109)110)82(119)94-69(83(120)90-58(3)61(6)102)49-63-32-28-31-62-29-26-27-34-67(62)63/h26-29,31-32,34,58-60,64,68-71H,9-25,30,33,35-57H2,1-8H3,(H2,87,105)(H,88,106)(H,89,107)(H,90,120)(H,91,122)(H,92,121)(H,93,118)(H,94,119)(H,95,117)(H,109,110)(H,111,112)(H,113,114)(H,115,116)/t58-,59-,60-,64+,68+,69+,70+,71+/m0/s1. The van der Waals surface area contributed by atoms with Gasteiger partial charge in [-0.25, -0.2) is 0 Å². The molecule has 1 saturated heterocycles. The van der Waals surface area contributed by atoms with E-state index in [0.717, 1.165) is 41.4 Å². The van der Waals surface area contributed by atoms with Gasteiger partial charge in [-0.15, -0.1) is 0 Å². The average Bonchev–Trinajstić information content (AvgIpc) is 0.817. The molecule has 0 saturated carbocycles. The third-order valence-corrected chi connectivity index (χ3v) is 22.3. The molecule has 2 aromatic carbocycles. The second kappa shape index (κ2) is 60.5. The number of hydrogen-bond donors (Lipinski definition) is 13. The number of benzene rings is 2. The number of carboxylic acid groups (broad SMARTS) is 4. The van der Waals surface area contributed by atoms with E-state index in [1.807, 2.05) is 23.1 Å². The zero-order valence-corrected chi connectivity index (χ0v) is 74.5. The molecular formula is C86H137N15O22S. The molecule has 0 radical (unpaired) electrons. The largest absolute Gasteiger partial charge is 0.481 e. The molecule has 0 spiro atoms. The van der Waals surface area contributed by atoms with E-state index in [1.165, 1.54) is 116 Å².